The number of nitrogens with two attached hydrogens (primary N) is 1. The molecular weight excluding hydrogens is 466 g/mol. The predicted octanol–water partition coefficient (Wildman–Crippen LogP) is 2.68. The zero-order valence-electron chi connectivity index (χ0n) is 19.2. The van der Waals surface area contributed by atoms with Gasteiger partial charge in [0.15, 0.2) is 11.5 Å². The Morgan fingerprint density at radius 1 is 1.28 bits per heavy atom. The number of amides is 1. The summed E-state index contributed by atoms with van der Waals surface area (Å²) in [5.41, 5.74) is 7.17. The van der Waals surface area contributed by atoms with Gasteiger partial charge in [-0.05, 0) is 29.8 Å². The standard InChI is InChI=1S/C24H21N7O5/c1-35-21-18(36-13-14-3-2-4-16(11-14)31(33)34)7-6-17-20(21)28-24(30-10-9-26-22(17)30)29-23(32)15-5-8-19(25)27-12-15/h2-8,11-12,26H,9-10,13H2,1H3,(H2,25,27). The van der Waals surface area contributed by atoms with Crippen molar-refractivity contribution in [3.8, 4) is 11.5 Å². The van der Waals surface area contributed by atoms with Crippen LogP contribution < -0.4 is 26.1 Å². The molecule has 3 N–H and O–H groups in total. The van der Waals surface area contributed by atoms with Crippen molar-refractivity contribution >= 4 is 34.1 Å². The number of carbonyl (C=O) groups excluding carboxylic acids is 1. The van der Waals surface area contributed by atoms with Crippen molar-refractivity contribution in [2.45, 2.75) is 13.2 Å². The van der Waals surface area contributed by atoms with E-state index in [1.165, 1.54) is 31.5 Å². The minimum atomic E-state index is -0.506. The predicted molar refractivity (Wildman–Crippen MR) is 131 cm³/mol. The molecule has 3 heterocycles. The normalized spacial score (nSPS) is 12.8. The average Bonchev–Trinajstić information content (AvgIpc) is 3.38. The number of carbonyl (C=O) groups is 1. The van der Waals surface area contributed by atoms with E-state index in [1.807, 2.05) is 10.6 Å². The summed E-state index contributed by atoms with van der Waals surface area (Å²) in [5.74, 6) is 1.30. The third-order valence-electron chi connectivity index (χ3n) is 5.66. The number of fused-ring (bicyclic) bond motifs is 3. The summed E-state index contributed by atoms with van der Waals surface area (Å²) in [5, 5.41) is 15.2. The van der Waals surface area contributed by atoms with Crippen LogP contribution in [0.4, 0.5) is 17.3 Å². The molecule has 0 aliphatic carbocycles. The van der Waals surface area contributed by atoms with Crippen molar-refractivity contribution < 1.29 is 19.2 Å². The second-order valence-electron chi connectivity index (χ2n) is 7.94. The Kier molecular flexibility index (Phi) is 5.90. The number of non-ortho nitro benzene ring substituents is 1. The van der Waals surface area contributed by atoms with E-state index in [0.29, 0.717) is 41.5 Å². The van der Waals surface area contributed by atoms with Crippen LogP contribution in [0.25, 0.3) is 10.9 Å². The van der Waals surface area contributed by atoms with Gasteiger partial charge in [-0.1, -0.05) is 12.1 Å². The molecule has 1 amide bonds. The van der Waals surface area contributed by atoms with Gasteiger partial charge in [0.25, 0.3) is 11.6 Å². The van der Waals surface area contributed by atoms with Gasteiger partial charge in [0.05, 0.1) is 17.6 Å². The van der Waals surface area contributed by atoms with Gasteiger partial charge < -0.3 is 20.5 Å². The summed E-state index contributed by atoms with van der Waals surface area (Å²) in [6.45, 7) is 1.31. The minimum absolute atomic E-state index is 0.0193. The summed E-state index contributed by atoms with van der Waals surface area (Å²) in [6.07, 6.45) is 1.37. The molecule has 36 heavy (non-hydrogen) atoms. The van der Waals surface area contributed by atoms with Crippen molar-refractivity contribution in [1.82, 2.24) is 14.5 Å². The molecule has 0 spiro atoms. The van der Waals surface area contributed by atoms with Crippen LogP contribution in [-0.2, 0) is 13.2 Å². The maximum Gasteiger partial charge on any atom is 0.281 e. The Hall–Kier alpha value is -5.00. The van der Waals surface area contributed by atoms with Crippen LogP contribution in [0.1, 0.15) is 15.9 Å². The van der Waals surface area contributed by atoms with E-state index in [2.05, 4.69) is 20.3 Å². The van der Waals surface area contributed by atoms with Gasteiger partial charge in [0.1, 0.15) is 23.8 Å². The van der Waals surface area contributed by atoms with Crippen molar-refractivity contribution in [3.05, 3.63) is 81.6 Å². The van der Waals surface area contributed by atoms with Gasteiger partial charge in [-0.2, -0.15) is 4.99 Å². The number of benzene rings is 2. The quantitative estimate of drug-likeness (QED) is 0.308. The monoisotopic (exact) mass is 487 g/mol. The van der Waals surface area contributed by atoms with Crippen molar-refractivity contribution in [2.24, 2.45) is 4.99 Å². The number of anilines is 2. The highest BCUT2D eigenvalue weighted by Gasteiger charge is 2.21. The number of hydrogen-bond donors (Lipinski definition) is 2. The van der Waals surface area contributed by atoms with Gasteiger partial charge in [0.2, 0.25) is 5.62 Å². The van der Waals surface area contributed by atoms with Crippen LogP contribution in [0.5, 0.6) is 11.5 Å². The molecule has 0 saturated heterocycles. The van der Waals surface area contributed by atoms with E-state index in [-0.39, 0.29) is 23.5 Å². The fourth-order valence-electron chi connectivity index (χ4n) is 3.95. The summed E-state index contributed by atoms with van der Waals surface area (Å²) in [7, 11) is 1.49. The Morgan fingerprint density at radius 2 is 2.14 bits per heavy atom. The molecule has 12 heteroatoms. The molecule has 12 nitrogen and oxygen atoms in total. The molecule has 182 valence electrons. The molecule has 4 aromatic rings. The lowest BCUT2D eigenvalue weighted by molar-refractivity contribution is -0.384. The van der Waals surface area contributed by atoms with Crippen molar-refractivity contribution in [3.63, 3.8) is 0 Å². The molecule has 1 aliphatic rings. The molecule has 0 atom stereocenters. The molecule has 2 aromatic carbocycles. The van der Waals surface area contributed by atoms with Crippen LogP contribution >= 0.6 is 0 Å². The topological polar surface area (TPSA) is 160 Å². The van der Waals surface area contributed by atoms with E-state index in [1.54, 1.807) is 24.3 Å². The first-order valence-electron chi connectivity index (χ1n) is 11.0. The minimum Gasteiger partial charge on any atom is -0.491 e. The molecule has 1 aliphatic heterocycles. The number of pyridine rings is 1. The summed E-state index contributed by atoms with van der Waals surface area (Å²) in [4.78, 5) is 36.2. The van der Waals surface area contributed by atoms with Crippen LogP contribution in [0.2, 0.25) is 0 Å². The number of nitrogens with zero attached hydrogens (tertiary/aromatic N) is 5. The highest BCUT2D eigenvalue weighted by Crippen LogP contribution is 2.37. The first-order chi connectivity index (χ1) is 17.4. The molecule has 0 fully saturated rings. The third kappa shape index (κ3) is 4.27. The van der Waals surface area contributed by atoms with E-state index in [9.17, 15) is 14.9 Å². The molecule has 0 radical (unpaired) electrons. The van der Waals surface area contributed by atoms with E-state index >= 15 is 0 Å². The van der Waals surface area contributed by atoms with E-state index < -0.39 is 10.8 Å². The lowest BCUT2D eigenvalue weighted by Crippen LogP contribution is -2.25. The van der Waals surface area contributed by atoms with Crippen LogP contribution in [0.3, 0.4) is 0 Å². The zero-order valence-corrected chi connectivity index (χ0v) is 19.2. The number of nitrogen functional groups attached to an aromatic ring is 1. The maximum absolute atomic E-state index is 12.8. The lowest BCUT2D eigenvalue weighted by atomic mass is 10.2. The highest BCUT2D eigenvalue weighted by atomic mass is 16.6. The van der Waals surface area contributed by atoms with Crippen LogP contribution in [0.15, 0.2) is 59.7 Å². The number of ether oxygens (including phenoxy) is 2. The Balaban J connectivity index is 1.56. The highest BCUT2D eigenvalue weighted by molar-refractivity contribution is 5.96. The molecular formula is C24H21N7O5. The lowest BCUT2D eigenvalue weighted by Gasteiger charge is -2.15. The summed E-state index contributed by atoms with van der Waals surface area (Å²) in [6, 6.07) is 12.9. The number of hydrogen-bond acceptors (Lipinski definition) is 9. The second-order valence-corrected chi connectivity index (χ2v) is 7.94. The largest absolute Gasteiger partial charge is 0.491 e. The molecule has 2 aromatic heterocycles. The van der Waals surface area contributed by atoms with Crippen molar-refractivity contribution in [1.29, 1.82) is 0 Å². The molecule has 5 rings (SSSR count). The van der Waals surface area contributed by atoms with Gasteiger partial charge in [-0.3, -0.25) is 19.5 Å². The zero-order chi connectivity index (χ0) is 25.2. The van der Waals surface area contributed by atoms with Gasteiger partial charge in [-0.15, -0.1) is 0 Å². The number of nitrogens with one attached hydrogen (secondary N) is 1. The number of nitro groups is 1. The summed E-state index contributed by atoms with van der Waals surface area (Å²) < 4.78 is 13.4. The number of aromatic nitrogens is 3. The Morgan fingerprint density at radius 3 is 2.89 bits per heavy atom. The molecule has 0 bridgehead atoms. The first-order valence-corrected chi connectivity index (χ1v) is 11.0. The second kappa shape index (κ2) is 9.33. The molecule has 0 saturated carbocycles. The fraction of sp³-hybridized carbons (Fsp3) is 0.167. The fourth-order valence-corrected chi connectivity index (χ4v) is 3.95. The maximum atomic E-state index is 12.8. The first kappa shape index (κ1) is 22.8. The smallest absolute Gasteiger partial charge is 0.281 e. The van der Waals surface area contributed by atoms with Crippen molar-refractivity contribution in [2.75, 3.05) is 24.7 Å². The third-order valence-corrected chi connectivity index (χ3v) is 5.66. The SMILES string of the molecule is COc1c(OCc2cccc([N+](=O)[O-])c2)ccc2c3n(c(=NC(=O)c4ccc(N)nc4)nc12)CCN3. The Bertz CT molecular complexity index is 1560. The molecule has 0 unspecified atom stereocenters. The summed E-state index contributed by atoms with van der Waals surface area (Å²) >= 11 is 0. The van der Waals surface area contributed by atoms with Crippen LogP contribution in [0, 0.1) is 10.1 Å². The Labute approximate surface area is 204 Å². The van der Waals surface area contributed by atoms with E-state index in [0.717, 1.165) is 11.2 Å². The number of methoxy groups -OCH3 is 1. The number of rotatable bonds is 6. The van der Waals surface area contributed by atoms with Gasteiger partial charge in [0, 0.05) is 36.8 Å². The van der Waals surface area contributed by atoms with Crippen LogP contribution in [-0.4, -0.2) is 39.0 Å². The average molecular weight is 487 g/mol. The van der Waals surface area contributed by atoms with Gasteiger partial charge >= 0.3 is 0 Å². The van der Waals surface area contributed by atoms with E-state index in [4.69, 9.17) is 15.2 Å². The van der Waals surface area contributed by atoms with Gasteiger partial charge in [-0.25, -0.2) is 9.97 Å². The number of nitro benzene ring substituents is 1.